The number of ether oxygens (including phenoxy) is 2. The van der Waals surface area contributed by atoms with E-state index in [1.807, 2.05) is 18.2 Å². The summed E-state index contributed by atoms with van der Waals surface area (Å²) in [4.78, 5) is 2.35. The number of benzene rings is 1. The molecule has 0 aliphatic carbocycles. The highest BCUT2D eigenvalue weighted by atomic mass is 16.5. The van der Waals surface area contributed by atoms with E-state index in [1.54, 1.807) is 0 Å². The first kappa shape index (κ1) is 11.6. The zero-order valence-corrected chi connectivity index (χ0v) is 11.0. The van der Waals surface area contributed by atoms with E-state index in [0.717, 1.165) is 49.5 Å². The third kappa shape index (κ3) is 1.74. The van der Waals surface area contributed by atoms with Gasteiger partial charge < -0.3 is 19.5 Å². The maximum Gasteiger partial charge on any atom is 0.129 e. The van der Waals surface area contributed by atoms with Crippen molar-refractivity contribution in [2.24, 2.45) is 5.92 Å². The molecule has 1 aromatic rings. The molecule has 4 bridgehead atoms. The summed E-state index contributed by atoms with van der Waals surface area (Å²) in [6, 6.07) is 5.85. The van der Waals surface area contributed by atoms with Crippen molar-refractivity contribution < 1.29 is 14.6 Å². The van der Waals surface area contributed by atoms with Gasteiger partial charge in [0.05, 0.1) is 0 Å². The summed E-state index contributed by atoms with van der Waals surface area (Å²) < 4.78 is 11.3. The minimum atomic E-state index is -0.755. The van der Waals surface area contributed by atoms with Gasteiger partial charge >= 0.3 is 0 Å². The van der Waals surface area contributed by atoms with E-state index in [9.17, 15) is 5.11 Å². The Morgan fingerprint density at radius 2 is 1.95 bits per heavy atom. The van der Waals surface area contributed by atoms with Crippen LogP contribution in [0.2, 0.25) is 0 Å². The van der Waals surface area contributed by atoms with Gasteiger partial charge in [0, 0.05) is 18.2 Å². The van der Waals surface area contributed by atoms with E-state index < -0.39 is 5.60 Å². The van der Waals surface area contributed by atoms with E-state index >= 15 is 0 Å². The molecule has 0 spiro atoms. The van der Waals surface area contributed by atoms with E-state index in [-0.39, 0.29) is 0 Å². The molecule has 0 radical (unpaired) electrons. The lowest BCUT2D eigenvalue weighted by molar-refractivity contribution is -0.118. The first-order valence-corrected chi connectivity index (χ1v) is 7.10. The fourth-order valence-electron chi connectivity index (χ4n) is 3.72. The molecule has 3 saturated heterocycles. The number of hydrogen-bond donors (Lipinski definition) is 1. The molecule has 4 heteroatoms. The fraction of sp³-hybridized carbons (Fsp3) is 0.600. The number of fused-ring (bicyclic) bond motifs is 5. The first-order chi connectivity index (χ1) is 9.25. The predicted octanol–water partition coefficient (Wildman–Crippen LogP) is 1.37. The van der Waals surface area contributed by atoms with Crippen LogP contribution in [-0.4, -0.2) is 42.9 Å². The summed E-state index contributed by atoms with van der Waals surface area (Å²) in [5.74, 6) is 1.99. The second-order valence-corrected chi connectivity index (χ2v) is 5.83. The minimum absolute atomic E-state index is 0.354. The van der Waals surface area contributed by atoms with E-state index in [2.05, 4.69) is 4.90 Å². The lowest BCUT2D eigenvalue weighted by Gasteiger charge is -2.50. The van der Waals surface area contributed by atoms with Crippen LogP contribution in [0.5, 0.6) is 11.5 Å². The van der Waals surface area contributed by atoms with Gasteiger partial charge in [-0.15, -0.1) is 0 Å². The maximum atomic E-state index is 11.2. The molecule has 19 heavy (non-hydrogen) atoms. The normalized spacial score (nSPS) is 36.3. The van der Waals surface area contributed by atoms with Crippen LogP contribution in [0.3, 0.4) is 0 Å². The van der Waals surface area contributed by atoms with Crippen molar-refractivity contribution in [1.29, 1.82) is 0 Å². The van der Waals surface area contributed by atoms with Gasteiger partial charge in [0.1, 0.15) is 30.3 Å². The van der Waals surface area contributed by atoms with Crippen LogP contribution >= 0.6 is 0 Å². The molecule has 1 aromatic carbocycles. The SMILES string of the molecule is OC1(c2ccc3cc2OCCO3)CN2CCC1CC2. The van der Waals surface area contributed by atoms with Gasteiger partial charge in [0.15, 0.2) is 0 Å². The molecule has 0 aromatic heterocycles. The summed E-state index contributed by atoms with van der Waals surface area (Å²) in [5.41, 5.74) is 0.186. The van der Waals surface area contributed by atoms with Gasteiger partial charge in [0.25, 0.3) is 0 Å². The third-order valence-electron chi connectivity index (χ3n) is 4.76. The standard InChI is InChI=1S/C15H19NO3/c17-15(10-16-5-3-11(15)4-6-16)13-2-1-12-9-14(13)19-8-7-18-12/h1-2,9,11,17H,3-8,10H2. The molecule has 3 fully saturated rings. The average Bonchev–Trinajstić information content (AvgIpc) is 2.61. The molecule has 0 amide bonds. The highest BCUT2D eigenvalue weighted by Gasteiger charge is 2.48. The molecule has 102 valence electrons. The summed E-state index contributed by atoms with van der Waals surface area (Å²) in [5, 5.41) is 11.2. The topological polar surface area (TPSA) is 41.9 Å². The molecule has 0 saturated carbocycles. The van der Waals surface area contributed by atoms with Crippen molar-refractivity contribution in [3.05, 3.63) is 23.8 Å². The average molecular weight is 261 g/mol. The minimum Gasteiger partial charge on any atom is -0.490 e. The number of nitrogens with zero attached hydrogens (tertiary/aromatic N) is 1. The Kier molecular flexibility index (Phi) is 2.50. The molecule has 1 unspecified atom stereocenters. The Labute approximate surface area is 112 Å². The number of aliphatic hydroxyl groups is 1. The van der Waals surface area contributed by atoms with Crippen molar-refractivity contribution in [1.82, 2.24) is 4.90 Å². The summed E-state index contributed by atoms with van der Waals surface area (Å²) >= 11 is 0. The number of hydrogen-bond acceptors (Lipinski definition) is 4. The second-order valence-electron chi connectivity index (χ2n) is 5.83. The van der Waals surface area contributed by atoms with Crippen molar-refractivity contribution in [2.75, 3.05) is 32.8 Å². The summed E-state index contributed by atoms with van der Waals surface area (Å²) in [7, 11) is 0. The summed E-state index contributed by atoms with van der Waals surface area (Å²) in [6.45, 7) is 4.08. The van der Waals surface area contributed by atoms with Gasteiger partial charge in [-0.1, -0.05) is 0 Å². The molecular weight excluding hydrogens is 242 g/mol. The molecular formula is C15H19NO3. The van der Waals surface area contributed by atoms with Gasteiger partial charge in [-0.05, 0) is 44.0 Å². The molecule has 4 nitrogen and oxygen atoms in total. The summed E-state index contributed by atoms with van der Waals surface area (Å²) in [6.07, 6.45) is 2.16. The largest absolute Gasteiger partial charge is 0.490 e. The van der Waals surface area contributed by atoms with Crippen molar-refractivity contribution in [3.8, 4) is 11.5 Å². The van der Waals surface area contributed by atoms with Gasteiger partial charge in [-0.3, -0.25) is 0 Å². The van der Waals surface area contributed by atoms with Crippen LogP contribution < -0.4 is 9.47 Å². The van der Waals surface area contributed by atoms with E-state index in [1.165, 1.54) is 0 Å². The van der Waals surface area contributed by atoms with Crippen molar-refractivity contribution >= 4 is 0 Å². The van der Waals surface area contributed by atoms with Gasteiger partial charge in [-0.2, -0.15) is 0 Å². The smallest absolute Gasteiger partial charge is 0.129 e. The van der Waals surface area contributed by atoms with E-state index in [4.69, 9.17) is 9.47 Å². The number of rotatable bonds is 1. The van der Waals surface area contributed by atoms with Gasteiger partial charge in [0.2, 0.25) is 0 Å². The lowest BCUT2D eigenvalue weighted by atomic mass is 9.71. The molecule has 4 heterocycles. The molecule has 1 atom stereocenters. The monoisotopic (exact) mass is 261 g/mol. The lowest BCUT2D eigenvalue weighted by Crippen LogP contribution is -2.57. The zero-order valence-electron chi connectivity index (χ0n) is 11.0. The fourth-order valence-corrected chi connectivity index (χ4v) is 3.72. The highest BCUT2D eigenvalue weighted by Crippen LogP contribution is 2.46. The van der Waals surface area contributed by atoms with Crippen LogP contribution in [-0.2, 0) is 5.60 Å². The van der Waals surface area contributed by atoms with Gasteiger partial charge in [-0.25, -0.2) is 0 Å². The number of piperidine rings is 3. The molecule has 4 aliphatic heterocycles. The Hall–Kier alpha value is -1.26. The maximum absolute atomic E-state index is 11.2. The quantitative estimate of drug-likeness (QED) is 0.829. The van der Waals surface area contributed by atoms with Crippen molar-refractivity contribution in [2.45, 2.75) is 18.4 Å². The highest BCUT2D eigenvalue weighted by molar-refractivity contribution is 5.45. The third-order valence-corrected chi connectivity index (χ3v) is 4.76. The first-order valence-electron chi connectivity index (χ1n) is 7.10. The van der Waals surface area contributed by atoms with E-state index in [0.29, 0.717) is 19.1 Å². The Morgan fingerprint density at radius 1 is 1.16 bits per heavy atom. The predicted molar refractivity (Wildman–Crippen MR) is 70.5 cm³/mol. The molecule has 4 aliphatic rings. The van der Waals surface area contributed by atoms with Crippen LogP contribution in [0.15, 0.2) is 18.2 Å². The zero-order chi connectivity index (χ0) is 12.9. The molecule has 5 rings (SSSR count). The Morgan fingerprint density at radius 3 is 2.68 bits per heavy atom. The van der Waals surface area contributed by atoms with Crippen LogP contribution in [0.25, 0.3) is 0 Å². The second kappa shape index (κ2) is 4.12. The molecule has 1 N–H and O–H groups in total. The van der Waals surface area contributed by atoms with Crippen LogP contribution in [0, 0.1) is 5.92 Å². The van der Waals surface area contributed by atoms with Crippen LogP contribution in [0.1, 0.15) is 18.4 Å². The Bertz CT molecular complexity index is 496. The Balaban J connectivity index is 1.76. The van der Waals surface area contributed by atoms with Crippen LogP contribution in [0.4, 0.5) is 0 Å². The van der Waals surface area contributed by atoms with Crippen molar-refractivity contribution in [3.63, 3.8) is 0 Å².